The zero-order valence-corrected chi connectivity index (χ0v) is 18.7. The van der Waals surface area contributed by atoms with Gasteiger partial charge in [0.05, 0.1) is 12.0 Å². The van der Waals surface area contributed by atoms with Gasteiger partial charge in [-0.25, -0.2) is 13.6 Å². The highest BCUT2D eigenvalue weighted by molar-refractivity contribution is 7.89. The lowest BCUT2D eigenvalue weighted by molar-refractivity contribution is 0.280. The van der Waals surface area contributed by atoms with Gasteiger partial charge in [-0.1, -0.05) is 54.1 Å². The lowest BCUT2D eigenvalue weighted by Gasteiger charge is -2.16. The van der Waals surface area contributed by atoms with Crippen molar-refractivity contribution in [1.82, 2.24) is 5.32 Å². The van der Waals surface area contributed by atoms with Crippen molar-refractivity contribution in [2.24, 2.45) is 5.14 Å². The van der Waals surface area contributed by atoms with Gasteiger partial charge in [-0.2, -0.15) is 0 Å². The van der Waals surface area contributed by atoms with Crippen molar-refractivity contribution in [3.63, 3.8) is 0 Å². The summed E-state index contributed by atoms with van der Waals surface area (Å²) in [7, 11) is -2.06. The molecule has 0 aliphatic heterocycles. The summed E-state index contributed by atoms with van der Waals surface area (Å²) in [5.41, 5.74) is 2.88. The minimum absolute atomic E-state index is 0.112. The molecule has 0 bridgehead atoms. The summed E-state index contributed by atoms with van der Waals surface area (Å²) >= 11 is 6.24. The first-order valence-electron chi connectivity index (χ1n) is 9.73. The molecule has 0 fully saturated rings. The molecule has 0 unspecified atom stereocenters. The zero-order valence-electron chi connectivity index (χ0n) is 17.2. The van der Waals surface area contributed by atoms with E-state index in [1.165, 1.54) is 12.1 Å². The summed E-state index contributed by atoms with van der Waals surface area (Å²) in [6.45, 7) is 1.63. The van der Waals surface area contributed by atoms with Gasteiger partial charge in [-0.15, -0.1) is 0 Å². The van der Waals surface area contributed by atoms with Crippen LogP contribution in [0.2, 0.25) is 5.02 Å². The van der Waals surface area contributed by atoms with Crippen LogP contribution in [0, 0.1) is 0 Å². The van der Waals surface area contributed by atoms with Gasteiger partial charge in [0.15, 0.2) is 11.5 Å². The molecule has 0 radical (unpaired) electrons. The molecule has 0 saturated carbocycles. The summed E-state index contributed by atoms with van der Waals surface area (Å²) < 4.78 is 34.2. The molecule has 0 heterocycles. The molecule has 8 heteroatoms. The van der Waals surface area contributed by atoms with E-state index < -0.39 is 10.0 Å². The number of nitrogens with two attached hydrogens (primary N) is 1. The molecule has 31 heavy (non-hydrogen) atoms. The fraction of sp³-hybridized carbons (Fsp3) is 0.217. The maximum absolute atomic E-state index is 11.3. The van der Waals surface area contributed by atoms with E-state index in [4.69, 9.17) is 26.2 Å². The maximum Gasteiger partial charge on any atom is 0.238 e. The molecule has 0 spiro atoms. The quantitative estimate of drug-likeness (QED) is 0.448. The molecule has 0 aliphatic rings. The molecule has 6 nitrogen and oxygen atoms in total. The third-order valence-corrected chi connectivity index (χ3v) is 6.07. The molecule has 0 atom stereocenters. The number of ether oxygens (including phenoxy) is 2. The zero-order chi connectivity index (χ0) is 22.3. The monoisotopic (exact) mass is 460 g/mol. The summed E-state index contributed by atoms with van der Waals surface area (Å²) in [6.07, 6.45) is 0.741. The second kappa shape index (κ2) is 10.6. The van der Waals surface area contributed by atoms with Crippen LogP contribution in [-0.2, 0) is 29.6 Å². The van der Waals surface area contributed by atoms with Crippen molar-refractivity contribution in [3.8, 4) is 11.5 Å². The van der Waals surface area contributed by atoms with E-state index in [1.807, 2.05) is 42.5 Å². The number of hydrogen-bond donors (Lipinski definition) is 2. The Labute approximate surface area is 188 Å². The van der Waals surface area contributed by atoms with Gasteiger partial charge in [0.1, 0.15) is 6.61 Å². The molecule has 3 rings (SSSR count). The van der Waals surface area contributed by atoms with E-state index in [0.717, 1.165) is 23.1 Å². The molecular weight excluding hydrogens is 436 g/mol. The number of rotatable bonds is 10. The van der Waals surface area contributed by atoms with E-state index in [1.54, 1.807) is 19.2 Å². The van der Waals surface area contributed by atoms with Crippen LogP contribution in [0.25, 0.3) is 0 Å². The van der Waals surface area contributed by atoms with Crippen LogP contribution in [0.5, 0.6) is 11.5 Å². The predicted octanol–water partition coefficient (Wildman–Crippen LogP) is 3.91. The van der Waals surface area contributed by atoms with Crippen LogP contribution in [-0.4, -0.2) is 22.1 Å². The lowest BCUT2D eigenvalue weighted by Crippen LogP contribution is -2.17. The average molecular weight is 461 g/mol. The van der Waals surface area contributed by atoms with Crippen molar-refractivity contribution >= 4 is 21.6 Å². The molecular formula is C23H25ClN2O4S. The first-order chi connectivity index (χ1) is 14.9. The molecule has 3 aromatic rings. The smallest absolute Gasteiger partial charge is 0.238 e. The van der Waals surface area contributed by atoms with Gasteiger partial charge in [0, 0.05) is 22.7 Å². The Kier molecular flexibility index (Phi) is 7.92. The number of methoxy groups -OCH3 is 1. The predicted molar refractivity (Wildman–Crippen MR) is 122 cm³/mol. The van der Waals surface area contributed by atoms with E-state index in [-0.39, 0.29) is 4.90 Å². The number of nitrogens with one attached hydrogen (secondary N) is 1. The van der Waals surface area contributed by atoms with Crippen LogP contribution in [0.1, 0.15) is 16.7 Å². The Morgan fingerprint density at radius 3 is 2.35 bits per heavy atom. The first-order valence-corrected chi connectivity index (χ1v) is 11.7. The number of benzene rings is 3. The van der Waals surface area contributed by atoms with Crippen LogP contribution < -0.4 is 19.9 Å². The number of para-hydroxylation sites is 1. The Bertz CT molecular complexity index is 1120. The van der Waals surface area contributed by atoms with Crippen LogP contribution in [0.15, 0.2) is 71.6 Å². The van der Waals surface area contributed by atoms with Crippen molar-refractivity contribution in [2.45, 2.75) is 24.5 Å². The topological polar surface area (TPSA) is 90.6 Å². The van der Waals surface area contributed by atoms with E-state index in [0.29, 0.717) is 36.2 Å². The lowest BCUT2D eigenvalue weighted by atomic mass is 10.1. The number of halogens is 1. The van der Waals surface area contributed by atoms with Crippen molar-refractivity contribution in [2.75, 3.05) is 13.7 Å². The minimum Gasteiger partial charge on any atom is -0.493 e. The van der Waals surface area contributed by atoms with Gasteiger partial charge in [0.25, 0.3) is 0 Å². The highest BCUT2D eigenvalue weighted by Crippen LogP contribution is 2.32. The standard InChI is InChI=1S/C23H25ClN2O4S/c1-29-22-8-4-6-18(23(22)30-16-19-5-2-3-7-21(19)24)15-26-14-13-17-9-11-20(12-10-17)31(25,27)28/h2-12,26H,13-16H2,1H3,(H2,25,27,28). The SMILES string of the molecule is COc1cccc(CNCCc2ccc(S(N)(=O)=O)cc2)c1OCc1ccccc1Cl. The summed E-state index contributed by atoms with van der Waals surface area (Å²) in [5.74, 6) is 1.33. The average Bonchev–Trinajstić information content (AvgIpc) is 2.76. The number of hydrogen-bond acceptors (Lipinski definition) is 5. The highest BCUT2D eigenvalue weighted by atomic mass is 35.5. The van der Waals surface area contributed by atoms with Gasteiger partial charge >= 0.3 is 0 Å². The van der Waals surface area contributed by atoms with Crippen molar-refractivity contribution < 1.29 is 17.9 Å². The fourth-order valence-corrected chi connectivity index (χ4v) is 3.80. The fourth-order valence-electron chi connectivity index (χ4n) is 3.09. The molecule has 0 saturated heterocycles. The van der Waals surface area contributed by atoms with Crippen LogP contribution in [0.4, 0.5) is 0 Å². The molecule has 3 aromatic carbocycles. The first kappa shape index (κ1) is 23.1. The normalized spacial score (nSPS) is 11.3. The molecule has 0 amide bonds. The molecule has 0 aliphatic carbocycles. The maximum atomic E-state index is 11.3. The van der Waals surface area contributed by atoms with Crippen LogP contribution in [0.3, 0.4) is 0 Å². The summed E-state index contributed by atoms with van der Waals surface area (Å²) in [4.78, 5) is 0.112. The molecule has 3 N–H and O–H groups in total. The van der Waals surface area contributed by atoms with E-state index in [2.05, 4.69) is 5.32 Å². The Morgan fingerprint density at radius 1 is 0.968 bits per heavy atom. The molecule has 164 valence electrons. The van der Waals surface area contributed by atoms with Crippen LogP contribution >= 0.6 is 11.6 Å². The van der Waals surface area contributed by atoms with E-state index in [9.17, 15) is 8.42 Å². The van der Waals surface area contributed by atoms with Crippen molar-refractivity contribution in [3.05, 3.63) is 88.4 Å². The summed E-state index contributed by atoms with van der Waals surface area (Å²) in [6, 6.07) is 19.9. The Morgan fingerprint density at radius 2 is 1.68 bits per heavy atom. The van der Waals surface area contributed by atoms with Gasteiger partial charge in [-0.05, 0) is 42.8 Å². The van der Waals surface area contributed by atoms with Gasteiger partial charge < -0.3 is 14.8 Å². The second-order valence-corrected chi connectivity index (χ2v) is 8.91. The Hall–Kier alpha value is -2.58. The largest absolute Gasteiger partial charge is 0.493 e. The Balaban J connectivity index is 1.60. The highest BCUT2D eigenvalue weighted by Gasteiger charge is 2.12. The van der Waals surface area contributed by atoms with E-state index >= 15 is 0 Å². The van der Waals surface area contributed by atoms with Gasteiger partial charge in [-0.3, -0.25) is 0 Å². The number of primary sulfonamides is 1. The van der Waals surface area contributed by atoms with Gasteiger partial charge in [0.2, 0.25) is 10.0 Å². The molecule has 0 aromatic heterocycles. The van der Waals surface area contributed by atoms with Crippen molar-refractivity contribution in [1.29, 1.82) is 0 Å². The third-order valence-electron chi connectivity index (χ3n) is 4.77. The third kappa shape index (κ3) is 6.45. The summed E-state index contributed by atoms with van der Waals surface area (Å²) in [5, 5.41) is 9.18. The number of sulfonamides is 1. The second-order valence-electron chi connectivity index (χ2n) is 6.94. The minimum atomic E-state index is -3.67.